The first-order valence-corrected chi connectivity index (χ1v) is 9.19. The highest BCUT2D eigenvalue weighted by Gasteiger charge is 2.06. The molecule has 0 bridgehead atoms. The molecule has 2 aromatic rings. The van der Waals surface area contributed by atoms with Gasteiger partial charge in [-0.05, 0) is 55.7 Å². The predicted molar refractivity (Wildman–Crippen MR) is 109 cm³/mol. The molecular formula is C21H27N3O3. The first kappa shape index (κ1) is 20.3. The van der Waals surface area contributed by atoms with E-state index < -0.39 is 6.03 Å². The zero-order valence-electron chi connectivity index (χ0n) is 16.1. The number of carbonyl (C=O) groups is 1. The number of anilines is 1. The SMILES string of the molecule is CCCCOc1ccc(/C=N\NC(=O)Nc2ccccc2C)cc1OCC. The van der Waals surface area contributed by atoms with Gasteiger partial charge in [0, 0.05) is 5.69 Å². The molecule has 0 spiro atoms. The molecular weight excluding hydrogens is 342 g/mol. The number of unbranched alkanes of at least 4 members (excludes halogenated alkanes) is 1. The van der Waals surface area contributed by atoms with Gasteiger partial charge in [-0.2, -0.15) is 5.10 Å². The van der Waals surface area contributed by atoms with Gasteiger partial charge in [0.05, 0.1) is 19.4 Å². The number of rotatable bonds is 9. The molecule has 144 valence electrons. The van der Waals surface area contributed by atoms with Crippen molar-refractivity contribution in [1.29, 1.82) is 0 Å². The highest BCUT2D eigenvalue weighted by atomic mass is 16.5. The number of benzene rings is 2. The third-order valence-electron chi connectivity index (χ3n) is 3.80. The minimum atomic E-state index is -0.398. The van der Waals surface area contributed by atoms with Crippen molar-refractivity contribution in [3.63, 3.8) is 0 Å². The Hall–Kier alpha value is -3.02. The second-order valence-electron chi connectivity index (χ2n) is 5.98. The molecule has 0 fully saturated rings. The molecule has 2 N–H and O–H groups in total. The smallest absolute Gasteiger partial charge is 0.339 e. The van der Waals surface area contributed by atoms with Crippen molar-refractivity contribution in [2.75, 3.05) is 18.5 Å². The van der Waals surface area contributed by atoms with Gasteiger partial charge < -0.3 is 14.8 Å². The van der Waals surface area contributed by atoms with Crippen LogP contribution in [-0.2, 0) is 0 Å². The Morgan fingerprint density at radius 3 is 2.67 bits per heavy atom. The van der Waals surface area contributed by atoms with Crippen LogP contribution in [0.2, 0.25) is 0 Å². The van der Waals surface area contributed by atoms with Crippen LogP contribution in [0.5, 0.6) is 11.5 Å². The zero-order chi connectivity index (χ0) is 19.5. The summed E-state index contributed by atoms with van der Waals surface area (Å²) < 4.78 is 11.4. The van der Waals surface area contributed by atoms with Crippen LogP contribution in [0.1, 0.15) is 37.8 Å². The minimum Gasteiger partial charge on any atom is -0.490 e. The lowest BCUT2D eigenvalue weighted by Gasteiger charge is -2.12. The molecule has 2 rings (SSSR count). The summed E-state index contributed by atoms with van der Waals surface area (Å²) in [5.41, 5.74) is 5.00. The average Bonchev–Trinajstić information content (AvgIpc) is 2.66. The van der Waals surface area contributed by atoms with Crippen molar-refractivity contribution in [1.82, 2.24) is 5.43 Å². The number of carbonyl (C=O) groups excluding carboxylic acids is 1. The summed E-state index contributed by atoms with van der Waals surface area (Å²) in [6, 6.07) is 12.7. The first-order chi connectivity index (χ1) is 13.1. The molecule has 2 amide bonds. The van der Waals surface area contributed by atoms with Gasteiger partial charge in [-0.15, -0.1) is 0 Å². The molecule has 0 radical (unpaired) electrons. The Kier molecular flexibility index (Phi) is 8.16. The summed E-state index contributed by atoms with van der Waals surface area (Å²) in [5, 5.41) is 6.75. The number of hydrogen-bond acceptors (Lipinski definition) is 4. The number of urea groups is 1. The number of nitrogens with zero attached hydrogens (tertiary/aromatic N) is 1. The number of nitrogens with one attached hydrogen (secondary N) is 2. The van der Waals surface area contributed by atoms with Crippen molar-refractivity contribution >= 4 is 17.9 Å². The fourth-order valence-corrected chi connectivity index (χ4v) is 2.35. The first-order valence-electron chi connectivity index (χ1n) is 9.19. The van der Waals surface area contributed by atoms with E-state index in [1.165, 1.54) is 0 Å². The highest BCUT2D eigenvalue weighted by molar-refractivity contribution is 5.91. The van der Waals surface area contributed by atoms with E-state index >= 15 is 0 Å². The van der Waals surface area contributed by atoms with Crippen molar-refractivity contribution in [3.05, 3.63) is 53.6 Å². The van der Waals surface area contributed by atoms with E-state index in [1.54, 1.807) is 6.21 Å². The lowest BCUT2D eigenvalue weighted by atomic mass is 10.2. The highest BCUT2D eigenvalue weighted by Crippen LogP contribution is 2.28. The Morgan fingerprint density at radius 2 is 1.93 bits per heavy atom. The van der Waals surface area contributed by atoms with E-state index in [1.807, 2.05) is 56.3 Å². The second-order valence-corrected chi connectivity index (χ2v) is 5.98. The maximum absolute atomic E-state index is 11.9. The molecule has 27 heavy (non-hydrogen) atoms. The number of para-hydroxylation sites is 1. The third-order valence-corrected chi connectivity index (χ3v) is 3.80. The molecule has 6 heteroatoms. The van der Waals surface area contributed by atoms with Crippen LogP contribution in [0.15, 0.2) is 47.6 Å². The monoisotopic (exact) mass is 369 g/mol. The van der Waals surface area contributed by atoms with Crippen molar-refractivity contribution in [2.45, 2.75) is 33.6 Å². The van der Waals surface area contributed by atoms with Crippen LogP contribution in [0.3, 0.4) is 0 Å². The van der Waals surface area contributed by atoms with Gasteiger partial charge in [0.1, 0.15) is 0 Å². The molecule has 0 aliphatic carbocycles. The fraction of sp³-hybridized carbons (Fsp3) is 0.333. The van der Waals surface area contributed by atoms with Crippen LogP contribution in [0, 0.1) is 6.92 Å². The Balaban J connectivity index is 1.96. The number of hydrazone groups is 1. The zero-order valence-corrected chi connectivity index (χ0v) is 16.1. The molecule has 2 aromatic carbocycles. The lowest BCUT2D eigenvalue weighted by molar-refractivity contribution is 0.252. The van der Waals surface area contributed by atoms with Gasteiger partial charge in [-0.1, -0.05) is 31.5 Å². The van der Waals surface area contributed by atoms with Crippen molar-refractivity contribution in [3.8, 4) is 11.5 Å². The molecule has 0 aromatic heterocycles. The van der Waals surface area contributed by atoms with Gasteiger partial charge in [0.2, 0.25) is 0 Å². The maximum atomic E-state index is 11.9. The number of amides is 2. The van der Waals surface area contributed by atoms with E-state index in [0.29, 0.717) is 24.7 Å². The fourth-order valence-electron chi connectivity index (χ4n) is 2.35. The Bertz CT molecular complexity index is 775. The maximum Gasteiger partial charge on any atom is 0.339 e. The van der Waals surface area contributed by atoms with Gasteiger partial charge in [0.15, 0.2) is 11.5 Å². The molecule has 0 aliphatic rings. The molecule has 0 saturated heterocycles. The minimum absolute atomic E-state index is 0.398. The molecule has 0 unspecified atom stereocenters. The third kappa shape index (κ3) is 6.66. The molecule has 6 nitrogen and oxygen atoms in total. The average molecular weight is 369 g/mol. The normalized spacial score (nSPS) is 10.6. The van der Waals surface area contributed by atoms with E-state index in [0.717, 1.165) is 29.7 Å². The molecule has 0 aliphatic heterocycles. The summed E-state index contributed by atoms with van der Waals surface area (Å²) >= 11 is 0. The number of ether oxygens (including phenoxy) is 2. The van der Waals surface area contributed by atoms with Crippen molar-refractivity contribution in [2.24, 2.45) is 5.10 Å². The molecule has 0 heterocycles. The van der Waals surface area contributed by atoms with Gasteiger partial charge in [0.25, 0.3) is 0 Å². The van der Waals surface area contributed by atoms with Crippen LogP contribution >= 0.6 is 0 Å². The van der Waals surface area contributed by atoms with Crippen molar-refractivity contribution < 1.29 is 14.3 Å². The van der Waals surface area contributed by atoms with E-state index in [-0.39, 0.29) is 0 Å². The van der Waals surface area contributed by atoms with Gasteiger partial charge in [-0.3, -0.25) is 0 Å². The van der Waals surface area contributed by atoms with E-state index in [2.05, 4.69) is 22.8 Å². The van der Waals surface area contributed by atoms with Crippen LogP contribution in [0.4, 0.5) is 10.5 Å². The van der Waals surface area contributed by atoms with Crippen LogP contribution in [0.25, 0.3) is 0 Å². The molecule has 0 saturated carbocycles. The van der Waals surface area contributed by atoms with Crippen LogP contribution in [-0.4, -0.2) is 25.5 Å². The number of hydrogen-bond donors (Lipinski definition) is 2. The summed E-state index contributed by atoms with van der Waals surface area (Å²) in [4.78, 5) is 11.9. The summed E-state index contributed by atoms with van der Waals surface area (Å²) in [6.07, 6.45) is 3.63. The largest absolute Gasteiger partial charge is 0.490 e. The van der Waals surface area contributed by atoms with Crippen LogP contribution < -0.4 is 20.2 Å². The topological polar surface area (TPSA) is 72.0 Å². The number of aryl methyl sites for hydroxylation is 1. The van der Waals surface area contributed by atoms with E-state index in [9.17, 15) is 4.79 Å². The second kappa shape index (κ2) is 10.9. The summed E-state index contributed by atoms with van der Waals surface area (Å²) in [6.45, 7) is 7.17. The Labute approximate surface area is 160 Å². The standard InChI is InChI=1S/C21H27N3O3/c1-4-6-13-27-19-12-11-17(14-20(19)26-5-2)15-22-24-21(25)23-18-10-8-7-9-16(18)3/h7-12,14-15H,4-6,13H2,1-3H3,(H2,23,24,25)/b22-15-. The quantitative estimate of drug-likeness (QED) is 0.381. The summed E-state index contributed by atoms with van der Waals surface area (Å²) in [5.74, 6) is 1.38. The Morgan fingerprint density at radius 1 is 1.11 bits per heavy atom. The molecule has 0 atom stereocenters. The lowest BCUT2D eigenvalue weighted by Crippen LogP contribution is -2.24. The van der Waals surface area contributed by atoms with E-state index in [4.69, 9.17) is 9.47 Å². The van der Waals surface area contributed by atoms with Gasteiger partial charge in [-0.25, -0.2) is 10.2 Å². The predicted octanol–water partition coefficient (Wildman–Crippen LogP) is 4.73. The summed E-state index contributed by atoms with van der Waals surface area (Å²) in [7, 11) is 0. The van der Waals surface area contributed by atoms with Gasteiger partial charge >= 0.3 is 6.03 Å².